The van der Waals surface area contributed by atoms with Crippen LogP contribution in [0.2, 0.25) is 5.02 Å². The Morgan fingerprint density at radius 1 is 1.58 bits per heavy atom. The maximum atomic E-state index is 10.3. The normalized spacial score (nSPS) is 12.9. The summed E-state index contributed by atoms with van der Waals surface area (Å²) < 4.78 is 2.83. The van der Waals surface area contributed by atoms with Crippen LogP contribution in [0.25, 0.3) is 0 Å². The van der Waals surface area contributed by atoms with Crippen molar-refractivity contribution in [2.45, 2.75) is 32.8 Å². The molecule has 0 saturated carbocycles. The molecule has 2 aromatic heterocycles. The molecule has 0 radical (unpaired) electrons. The van der Waals surface area contributed by atoms with Crippen LogP contribution in [-0.4, -0.2) is 14.9 Å². The Balaban J connectivity index is 2.23. The van der Waals surface area contributed by atoms with Gasteiger partial charge >= 0.3 is 0 Å². The van der Waals surface area contributed by atoms with Gasteiger partial charge in [0.25, 0.3) is 0 Å². The molecule has 1 N–H and O–H groups in total. The van der Waals surface area contributed by atoms with E-state index in [9.17, 15) is 5.11 Å². The van der Waals surface area contributed by atoms with Crippen molar-refractivity contribution < 1.29 is 5.11 Å². The Labute approximate surface area is 130 Å². The van der Waals surface area contributed by atoms with Gasteiger partial charge in [0.15, 0.2) is 0 Å². The summed E-state index contributed by atoms with van der Waals surface area (Å²) in [5.41, 5.74) is 2.91. The molecular weight excluding hydrogens is 348 g/mol. The van der Waals surface area contributed by atoms with Crippen molar-refractivity contribution in [1.82, 2.24) is 9.78 Å². The average Bonchev–Trinajstić information content (AvgIpc) is 2.84. The fraction of sp³-hybridized carbons (Fsp3) is 0.462. The van der Waals surface area contributed by atoms with Gasteiger partial charge in [0.1, 0.15) is 0 Å². The van der Waals surface area contributed by atoms with Crippen LogP contribution in [0, 0.1) is 6.92 Å². The maximum Gasteiger partial charge on any atom is 0.0938 e. The zero-order valence-corrected chi connectivity index (χ0v) is 14.2. The molecular formula is C13H16BrClN2OS. The van der Waals surface area contributed by atoms with E-state index < -0.39 is 6.10 Å². The minimum Gasteiger partial charge on any atom is -0.387 e. The zero-order chi connectivity index (χ0) is 14.2. The Hall–Kier alpha value is -0.360. The van der Waals surface area contributed by atoms with Gasteiger partial charge in [-0.2, -0.15) is 5.10 Å². The SMILES string of the molecule is CCc1nn(C)c(CC(O)c2cc(C)c(Br)s2)c1Cl. The third-order valence-corrected chi connectivity index (χ3v) is 5.77. The summed E-state index contributed by atoms with van der Waals surface area (Å²) in [7, 11) is 1.86. The third kappa shape index (κ3) is 3.05. The lowest BCUT2D eigenvalue weighted by atomic mass is 10.1. The number of hydrogen-bond acceptors (Lipinski definition) is 3. The predicted molar refractivity (Wildman–Crippen MR) is 83.0 cm³/mol. The van der Waals surface area contributed by atoms with Crippen molar-refractivity contribution in [2.75, 3.05) is 0 Å². The Bertz CT molecular complexity index is 574. The van der Waals surface area contributed by atoms with E-state index >= 15 is 0 Å². The second-order valence-corrected chi connectivity index (χ2v) is 7.29. The summed E-state index contributed by atoms with van der Waals surface area (Å²) in [4.78, 5) is 0.944. The molecule has 0 fully saturated rings. The molecule has 0 aliphatic rings. The highest BCUT2D eigenvalue weighted by atomic mass is 79.9. The van der Waals surface area contributed by atoms with Crippen molar-refractivity contribution in [3.8, 4) is 0 Å². The van der Waals surface area contributed by atoms with Crippen molar-refractivity contribution in [3.05, 3.63) is 36.7 Å². The number of halogens is 2. The first-order valence-electron chi connectivity index (χ1n) is 6.08. The molecule has 2 heterocycles. The Morgan fingerprint density at radius 3 is 2.74 bits per heavy atom. The van der Waals surface area contributed by atoms with Gasteiger partial charge in [-0.1, -0.05) is 18.5 Å². The van der Waals surface area contributed by atoms with E-state index in [4.69, 9.17) is 11.6 Å². The highest BCUT2D eigenvalue weighted by Gasteiger charge is 2.19. The standard InChI is InChI=1S/C13H16BrClN2OS/c1-4-8-12(15)9(17(3)16-8)6-10(18)11-5-7(2)13(14)19-11/h5,10,18H,4,6H2,1-3H3. The quantitative estimate of drug-likeness (QED) is 0.890. The fourth-order valence-electron chi connectivity index (χ4n) is 1.97. The van der Waals surface area contributed by atoms with Crippen LogP contribution in [0.3, 0.4) is 0 Å². The minimum atomic E-state index is -0.549. The van der Waals surface area contributed by atoms with Gasteiger partial charge in [0, 0.05) is 18.3 Å². The molecule has 0 amide bonds. The van der Waals surface area contributed by atoms with Gasteiger partial charge in [-0.3, -0.25) is 4.68 Å². The first-order chi connectivity index (χ1) is 8.93. The molecule has 0 saturated heterocycles. The molecule has 0 aliphatic carbocycles. The second-order valence-electron chi connectivity index (χ2n) is 4.51. The summed E-state index contributed by atoms with van der Waals surface area (Å²) in [6.45, 7) is 4.04. The number of aryl methyl sites for hydroxylation is 3. The van der Waals surface area contributed by atoms with Gasteiger partial charge in [-0.25, -0.2) is 0 Å². The van der Waals surface area contributed by atoms with Crippen LogP contribution >= 0.6 is 38.9 Å². The summed E-state index contributed by atoms with van der Waals surface area (Å²) >= 11 is 11.3. The fourth-order valence-corrected chi connectivity index (χ4v) is 3.90. The lowest BCUT2D eigenvalue weighted by Crippen LogP contribution is -2.05. The molecule has 6 heteroatoms. The number of aromatic nitrogens is 2. The number of rotatable bonds is 4. The molecule has 2 aromatic rings. The second kappa shape index (κ2) is 5.95. The van der Waals surface area contributed by atoms with Crippen LogP contribution in [0.15, 0.2) is 9.85 Å². The van der Waals surface area contributed by atoms with Crippen LogP contribution < -0.4 is 0 Å². The molecule has 0 spiro atoms. The van der Waals surface area contributed by atoms with E-state index in [1.54, 1.807) is 16.0 Å². The lowest BCUT2D eigenvalue weighted by molar-refractivity contribution is 0.179. The molecule has 1 atom stereocenters. The number of hydrogen-bond donors (Lipinski definition) is 1. The van der Waals surface area contributed by atoms with E-state index in [1.165, 1.54) is 0 Å². The zero-order valence-electron chi connectivity index (χ0n) is 11.1. The molecule has 0 aromatic carbocycles. The van der Waals surface area contributed by atoms with E-state index in [0.29, 0.717) is 11.4 Å². The van der Waals surface area contributed by atoms with E-state index in [-0.39, 0.29) is 0 Å². The van der Waals surface area contributed by atoms with E-state index in [1.807, 2.05) is 27.0 Å². The summed E-state index contributed by atoms with van der Waals surface area (Å²) in [5, 5.41) is 15.4. The maximum absolute atomic E-state index is 10.3. The van der Waals surface area contributed by atoms with Crippen LogP contribution in [-0.2, 0) is 19.9 Å². The number of thiophene rings is 1. The first kappa shape index (κ1) is 15.0. The largest absolute Gasteiger partial charge is 0.387 e. The third-order valence-electron chi connectivity index (χ3n) is 3.09. The van der Waals surface area contributed by atoms with Gasteiger partial charge < -0.3 is 5.11 Å². The van der Waals surface area contributed by atoms with Crippen molar-refractivity contribution in [2.24, 2.45) is 7.05 Å². The van der Waals surface area contributed by atoms with Crippen molar-refractivity contribution >= 4 is 38.9 Å². The highest BCUT2D eigenvalue weighted by Crippen LogP contribution is 2.34. The summed E-state index contributed by atoms with van der Waals surface area (Å²) in [6.07, 6.45) is 0.730. The number of nitrogens with zero attached hydrogens (tertiary/aromatic N) is 2. The minimum absolute atomic E-state index is 0.481. The molecule has 3 nitrogen and oxygen atoms in total. The number of aliphatic hydroxyl groups is 1. The summed E-state index contributed by atoms with van der Waals surface area (Å²) in [6, 6.07) is 2.00. The van der Waals surface area contributed by atoms with E-state index in [0.717, 1.165) is 32.0 Å². The number of aliphatic hydroxyl groups excluding tert-OH is 1. The van der Waals surface area contributed by atoms with Crippen LogP contribution in [0.4, 0.5) is 0 Å². The van der Waals surface area contributed by atoms with Crippen molar-refractivity contribution in [3.63, 3.8) is 0 Å². The van der Waals surface area contributed by atoms with Crippen molar-refractivity contribution in [1.29, 1.82) is 0 Å². The lowest BCUT2D eigenvalue weighted by Gasteiger charge is -2.09. The predicted octanol–water partition coefficient (Wildman–Crippen LogP) is 4.04. The first-order valence-corrected chi connectivity index (χ1v) is 8.06. The smallest absolute Gasteiger partial charge is 0.0938 e. The summed E-state index contributed by atoms with van der Waals surface area (Å²) in [5.74, 6) is 0. The van der Waals surface area contributed by atoms with Gasteiger partial charge in [0.05, 0.1) is 26.3 Å². The van der Waals surface area contributed by atoms with Crippen LogP contribution in [0.5, 0.6) is 0 Å². The monoisotopic (exact) mass is 362 g/mol. The molecule has 0 aliphatic heterocycles. The van der Waals surface area contributed by atoms with Gasteiger partial charge in [-0.05, 0) is 40.9 Å². The Kier molecular flexibility index (Phi) is 4.71. The molecule has 2 rings (SSSR count). The topological polar surface area (TPSA) is 38.0 Å². The van der Waals surface area contributed by atoms with E-state index in [2.05, 4.69) is 21.0 Å². The average molecular weight is 364 g/mol. The Morgan fingerprint density at radius 2 is 2.26 bits per heavy atom. The molecule has 1 unspecified atom stereocenters. The molecule has 0 bridgehead atoms. The highest BCUT2D eigenvalue weighted by molar-refractivity contribution is 9.11. The molecule has 104 valence electrons. The molecule has 19 heavy (non-hydrogen) atoms. The van der Waals surface area contributed by atoms with Gasteiger partial charge in [0.2, 0.25) is 0 Å². The van der Waals surface area contributed by atoms with Gasteiger partial charge in [-0.15, -0.1) is 11.3 Å². The van der Waals surface area contributed by atoms with Crippen LogP contribution in [0.1, 0.15) is 34.9 Å².